The van der Waals surface area contributed by atoms with Crippen molar-refractivity contribution < 1.29 is 3.12 Å². The van der Waals surface area contributed by atoms with Crippen LogP contribution in [-0.4, -0.2) is 55.1 Å². The van der Waals surface area contributed by atoms with Crippen LogP contribution in [0.4, 0.5) is 0 Å². The zero-order valence-electron chi connectivity index (χ0n) is 1.95. The van der Waals surface area contributed by atoms with E-state index in [0.717, 1.165) is 0 Å². The molecule has 0 rings (SSSR count). The molecule has 5 heavy (non-hydrogen) atoms. The van der Waals surface area contributed by atoms with E-state index in [0.29, 0.717) is 0 Å². The molecule has 0 fully saturated rings. The summed E-state index contributed by atoms with van der Waals surface area (Å²) in [4.78, 5) is 0. The van der Waals surface area contributed by atoms with Gasteiger partial charge in [0.05, 0.1) is 0 Å². The summed E-state index contributed by atoms with van der Waals surface area (Å²) in [7, 11) is 0. The Balaban J connectivity index is 6.05. The van der Waals surface area contributed by atoms with E-state index < -0.39 is 3.12 Å². The molecule has 0 spiro atoms. The van der Waals surface area contributed by atoms with Gasteiger partial charge in [0.2, 0.25) is 0 Å². The van der Waals surface area contributed by atoms with Crippen LogP contribution in [0.25, 0.3) is 0 Å². The predicted molar refractivity (Wildman–Crippen MR) is 23.0 cm³/mol. The first-order chi connectivity index (χ1) is 2.00. The SMILES string of the molecule is [Se]=[Ni-6](=[Se])(=[Se])=[Se]. The average Bonchev–Trinajstić information content (AvgIpc) is 0.722. The summed E-state index contributed by atoms with van der Waals surface area (Å²) < 4.78 is -0.750. The maximum absolute atomic E-state index is 2.91. The van der Waals surface area contributed by atoms with Crippen molar-refractivity contribution in [1.29, 1.82) is 0 Å². The fraction of sp³-hybridized carbons (Fsp3) is 0. The molecule has 0 unspecified atom stereocenters. The van der Waals surface area contributed by atoms with Gasteiger partial charge in [-0.2, -0.15) is 0 Å². The van der Waals surface area contributed by atoms with Gasteiger partial charge in [0, 0.05) is 0 Å². The van der Waals surface area contributed by atoms with Crippen molar-refractivity contribution in [2.75, 3.05) is 0 Å². The molecule has 5 heteroatoms. The quantitative estimate of drug-likeness (QED) is 0.452. The topological polar surface area (TPSA) is 0 Å². The minimum absolute atomic E-state index is 0.750. The van der Waals surface area contributed by atoms with E-state index in [4.69, 9.17) is 0 Å². The molecule has 0 heterocycles. The molecule has 0 aliphatic heterocycles. The van der Waals surface area contributed by atoms with Gasteiger partial charge in [-0.25, -0.2) is 0 Å². The van der Waals surface area contributed by atoms with Gasteiger partial charge >= 0.3 is 58.2 Å². The van der Waals surface area contributed by atoms with Crippen LogP contribution in [0.5, 0.6) is 0 Å². The minimum atomic E-state index is -0.750. The zero-order chi connectivity index (χ0) is 4.50. The summed E-state index contributed by atoms with van der Waals surface area (Å²) in [6.45, 7) is 0. The van der Waals surface area contributed by atoms with Crippen LogP contribution in [-0.2, 0) is 3.12 Å². The van der Waals surface area contributed by atoms with E-state index in [-0.39, 0.29) is 0 Å². The van der Waals surface area contributed by atoms with Crippen molar-refractivity contribution in [2.24, 2.45) is 0 Å². The third-order valence-corrected chi connectivity index (χ3v) is 0. The summed E-state index contributed by atoms with van der Waals surface area (Å²) in [6.07, 6.45) is 0. The van der Waals surface area contributed by atoms with Crippen molar-refractivity contribution in [3.8, 4) is 0 Å². The Morgan fingerprint density at radius 1 is 0.800 bits per heavy atom. The summed E-state index contributed by atoms with van der Waals surface area (Å²) in [5, 5.41) is 0. The van der Waals surface area contributed by atoms with Crippen LogP contribution in [0, 0.1) is 0 Å². The summed E-state index contributed by atoms with van der Waals surface area (Å²) in [5.74, 6) is 0. The molecular formula is NiSe4-6. The molecule has 0 atom stereocenters. The van der Waals surface area contributed by atoms with Crippen LogP contribution < -0.4 is 0 Å². The summed E-state index contributed by atoms with van der Waals surface area (Å²) in [6, 6.07) is 0. The van der Waals surface area contributed by atoms with Gasteiger partial charge in [0.1, 0.15) is 0 Å². The Labute approximate surface area is 57.2 Å². The zero-order valence-corrected chi connectivity index (χ0v) is 9.79. The van der Waals surface area contributed by atoms with E-state index >= 15 is 0 Å². The number of rotatable bonds is 0. The van der Waals surface area contributed by atoms with Crippen LogP contribution in [0.15, 0.2) is 0 Å². The molecule has 0 aromatic rings. The van der Waals surface area contributed by atoms with Gasteiger partial charge in [-0.05, 0) is 0 Å². The van der Waals surface area contributed by atoms with E-state index in [1.807, 2.05) is 0 Å². The Hall–Kier alpha value is 2.57. The van der Waals surface area contributed by atoms with Gasteiger partial charge < -0.3 is 0 Å². The Bertz CT molecular complexity index is 155. The van der Waals surface area contributed by atoms with E-state index in [9.17, 15) is 0 Å². The molecule has 0 aromatic heterocycles. The second-order valence-corrected chi connectivity index (χ2v) is 35.2. The molecule has 0 aromatic carbocycles. The molecule has 0 aliphatic rings. The van der Waals surface area contributed by atoms with Crippen molar-refractivity contribution in [1.82, 2.24) is 0 Å². The molecule has 40 valence electrons. The third-order valence-electron chi connectivity index (χ3n) is 0. The third kappa shape index (κ3) is 20.8. The molecule has 0 saturated carbocycles. The van der Waals surface area contributed by atoms with E-state index in [2.05, 4.69) is 55.1 Å². The van der Waals surface area contributed by atoms with Gasteiger partial charge in [-0.3, -0.25) is 0 Å². The predicted octanol–water partition coefficient (Wildman–Crippen LogP) is -1.53. The second kappa shape index (κ2) is 2.78. The Morgan fingerprint density at radius 3 is 0.800 bits per heavy atom. The van der Waals surface area contributed by atoms with Crippen LogP contribution in [0.3, 0.4) is 0 Å². The normalized spacial score (nSPS) is 14.4. The van der Waals surface area contributed by atoms with Crippen LogP contribution in [0.2, 0.25) is 0 Å². The fourth-order valence-electron chi connectivity index (χ4n) is 0. The molecule has 0 amide bonds. The molecule has 0 nitrogen and oxygen atoms in total. The van der Waals surface area contributed by atoms with Crippen molar-refractivity contribution in [2.45, 2.75) is 0 Å². The van der Waals surface area contributed by atoms with Crippen LogP contribution >= 0.6 is 0 Å². The second-order valence-electron chi connectivity index (χ2n) is 0.316. The van der Waals surface area contributed by atoms with Crippen molar-refractivity contribution in [3.05, 3.63) is 0 Å². The standard InChI is InChI=1S/Ni.4Se/q-6;;;;. The molecule has 0 saturated heterocycles. The average molecular weight is 375 g/mol. The van der Waals surface area contributed by atoms with Crippen molar-refractivity contribution >= 4 is 55.1 Å². The molecule has 0 bridgehead atoms. The fourth-order valence-corrected chi connectivity index (χ4v) is 0. The first-order valence-corrected chi connectivity index (χ1v) is 11.1. The summed E-state index contributed by atoms with van der Waals surface area (Å²) in [5.41, 5.74) is 0. The maximum atomic E-state index is 2.91. The van der Waals surface area contributed by atoms with E-state index in [1.54, 1.807) is 0 Å². The van der Waals surface area contributed by atoms with Gasteiger partial charge in [-0.1, -0.05) is 0 Å². The van der Waals surface area contributed by atoms with E-state index in [1.165, 1.54) is 0 Å². The monoisotopic (exact) mass is 378 g/mol. The van der Waals surface area contributed by atoms with Gasteiger partial charge in [0.15, 0.2) is 0 Å². The molecule has 0 aliphatic carbocycles. The molecular weight excluding hydrogens is 375 g/mol. The molecule has 0 N–H and O–H groups in total. The number of hydrogen-bond donors (Lipinski definition) is 0. The van der Waals surface area contributed by atoms with Gasteiger partial charge in [0.25, 0.3) is 0 Å². The van der Waals surface area contributed by atoms with Gasteiger partial charge in [-0.15, -0.1) is 0 Å². The van der Waals surface area contributed by atoms with Crippen molar-refractivity contribution in [3.63, 3.8) is 0 Å². The number of hydrogen-bond acceptors (Lipinski definition) is 0. The first-order valence-electron chi connectivity index (χ1n) is 0.516. The Kier molecular flexibility index (Phi) is 4.20. The molecule has 0 radical (unpaired) electrons. The first kappa shape index (κ1) is 7.57. The Morgan fingerprint density at radius 2 is 0.800 bits per heavy atom. The van der Waals surface area contributed by atoms with Crippen LogP contribution in [0.1, 0.15) is 0 Å². The summed E-state index contributed by atoms with van der Waals surface area (Å²) >= 11 is 11.6.